The Labute approximate surface area is 348 Å². The Bertz CT molecular complexity index is 3370. The Morgan fingerprint density at radius 1 is 0.407 bits per heavy atom. The molecule has 0 fully saturated rings. The zero-order valence-corrected chi connectivity index (χ0v) is 33.3. The minimum Gasteiger partial charge on any atom is -0.309 e. The molecule has 0 spiro atoms. The zero-order valence-electron chi connectivity index (χ0n) is 32.5. The molecule has 2 heteroatoms. The van der Waals surface area contributed by atoms with Crippen LogP contribution >= 0.6 is 11.3 Å². The van der Waals surface area contributed by atoms with Crippen molar-refractivity contribution in [3.63, 3.8) is 0 Å². The van der Waals surface area contributed by atoms with Crippen LogP contribution in [-0.4, -0.2) is 4.57 Å². The van der Waals surface area contributed by atoms with Gasteiger partial charge in [0.05, 0.1) is 11.0 Å². The third-order valence-corrected chi connectivity index (χ3v) is 13.9. The second-order valence-corrected chi connectivity index (χ2v) is 17.0. The summed E-state index contributed by atoms with van der Waals surface area (Å²) in [6, 6.07) is 76.7. The van der Waals surface area contributed by atoms with E-state index in [4.69, 9.17) is 0 Å². The van der Waals surface area contributed by atoms with Crippen LogP contribution in [0.1, 0.15) is 29.0 Å². The molecular weight excluding hydrogens is 731 g/mol. The SMILES string of the molecule is c1ccc(-n2c3ccccc3c3cc(-c4ccc5c(c4)-c4ccccc4C(c4ccc(-c6ccc(-c7cccc8c7sc7ccccc78)cc6)cc4)CC5)ccc32)cc1. The normalized spacial score (nSPS) is 13.8. The number of fused-ring (bicyclic) bond motifs is 9. The molecule has 1 nitrogen and oxygen atoms in total. The summed E-state index contributed by atoms with van der Waals surface area (Å²) in [5.74, 6) is 0.320. The molecule has 1 unspecified atom stereocenters. The van der Waals surface area contributed by atoms with Crippen LogP contribution in [0, 0.1) is 0 Å². The zero-order chi connectivity index (χ0) is 38.9. The van der Waals surface area contributed by atoms with Crippen molar-refractivity contribution in [3.05, 3.63) is 223 Å². The topological polar surface area (TPSA) is 4.93 Å². The molecule has 2 aromatic heterocycles. The first-order valence-electron chi connectivity index (χ1n) is 20.7. The molecule has 11 aromatic rings. The number of aromatic nitrogens is 1. The van der Waals surface area contributed by atoms with Gasteiger partial charge in [-0.1, -0.05) is 164 Å². The minimum absolute atomic E-state index is 0.320. The largest absolute Gasteiger partial charge is 0.309 e. The Hall–Kier alpha value is -7.00. The van der Waals surface area contributed by atoms with Crippen LogP contribution in [0.5, 0.6) is 0 Å². The van der Waals surface area contributed by atoms with Crippen molar-refractivity contribution in [2.24, 2.45) is 0 Å². The lowest BCUT2D eigenvalue weighted by atomic mass is 9.85. The van der Waals surface area contributed by atoms with Crippen LogP contribution < -0.4 is 0 Å². The fraction of sp³-hybridized carbons (Fsp3) is 0.0526. The van der Waals surface area contributed by atoms with Gasteiger partial charge in [0.1, 0.15) is 0 Å². The van der Waals surface area contributed by atoms with Crippen molar-refractivity contribution < 1.29 is 0 Å². The van der Waals surface area contributed by atoms with Crippen molar-refractivity contribution in [2.45, 2.75) is 18.8 Å². The molecule has 59 heavy (non-hydrogen) atoms. The number of hydrogen-bond donors (Lipinski definition) is 0. The van der Waals surface area contributed by atoms with E-state index in [9.17, 15) is 0 Å². The predicted molar refractivity (Wildman–Crippen MR) is 252 cm³/mol. The molecule has 0 saturated carbocycles. The first kappa shape index (κ1) is 34.1. The first-order chi connectivity index (χ1) is 29.2. The highest BCUT2D eigenvalue weighted by molar-refractivity contribution is 7.26. The van der Waals surface area contributed by atoms with Gasteiger partial charge in [-0.05, 0) is 117 Å². The third kappa shape index (κ3) is 5.67. The molecule has 0 N–H and O–H groups in total. The summed E-state index contributed by atoms with van der Waals surface area (Å²) < 4.78 is 5.09. The summed E-state index contributed by atoms with van der Waals surface area (Å²) in [5.41, 5.74) is 18.1. The lowest BCUT2D eigenvalue weighted by Crippen LogP contribution is -2.02. The Kier molecular flexibility index (Phi) is 7.99. The average Bonchev–Trinajstić information content (AvgIpc) is 3.80. The van der Waals surface area contributed by atoms with E-state index in [0.717, 1.165) is 12.8 Å². The predicted octanol–water partition coefficient (Wildman–Crippen LogP) is 15.9. The summed E-state index contributed by atoms with van der Waals surface area (Å²) in [4.78, 5) is 0. The molecule has 1 aliphatic rings. The third-order valence-electron chi connectivity index (χ3n) is 12.7. The maximum atomic E-state index is 2.45. The highest BCUT2D eigenvalue weighted by Gasteiger charge is 2.24. The smallest absolute Gasteiger partial charge is 0.0541 e. The number of benzene rings is 9. The van der Waals surface area contributed by atoms with Gasteiger partial charge in [0, 0.05) is 42.6 Å². The molecule has 0 saturated heterocycles. The number of para-hydroxylation sites is 2. The minimum atomic E-state index is 0.320. The van der Waals surface area contributed by atoms with Crippen molar-refractivity contribution in [1.82, 2.24) is 4.57 Å². The summed E-state index contributed by atoms with van der Waals surface area (Å²) in [5, 5.41) is 5.24. The lowest BCUT2D eigenvalue weighted by Gasteiger charge is -2.19. The van der Waals surface area contributed by atoms with E-state index in [-0.39, 0.29) is 0 Å². The number of aryl methyl sites for hydroxylation is 1. The van der Waals surface area contributed by atoms with Gasteiger partial charge in [0.15, 0.2) is 0 Å². The molecule has 1 aliphatic carbocycles. The van der Waals surface area contributed by atoms with Gasteiger partial charge < -0.3 is 4.57 Å². The van der Waals surface area contributed by atoms with Gasteiger partial charge in [-0.2, -0.15) is 0 Å². The van der Waals surface area contributed by atoms with Gasteiger partial charge >= 0.3 is 0 Å². The molecular formula is C57H39NS. The van der Waals surface area contributed by atoms with Crippen molar-refractivity contribution >= 4 is 53.3 Å². The van der Waals surface area contributed by atoms with Crippen molar-refractivity contribution in [1.29, 1.82) is 0 Å². The maximum Gasteiger partial charge on any atom is 0.0541 e. The van der Waals surface area contributed by atoms with E-state index in [1.165, 1.54) is 109 Å². The van der Waals surface area contributed by atoms with Gasteiger partial charge in [0.2, 0.25) is 0 Å². The highest BCUT2D eigenvalue weighted by Crippen LogP contribution is 2.44. The Balaban J connectivity index is 0.857. The molecule has 1 atom stereocenters. The maximum absolute atomic E-state index is 2.45. The van der Waals surface area contributed by atoms with Crippen LogP contribution in [0.15, 0.2) is 206 Å². The van der Waals surface area contributed by atoms with E-state index >= 15 is 0 Å². The standard InChI is InChI=1S/C57H39NS/c1-2-11-44(12-3-1)58-54-19-8-6-15-49(54)53-36-43(32-34-55(53)58)42-30-29-41-31-33-45(47-13-4-5-14-48(47)52(41)35-42)39-25-21-37(22-26-39)38-23-27-40(28-24-38)46-17-10-18-51-50-16-7-9-20-56(50)59-57(46)51/h1-30,32,34-36,45H,31,33H2. The van der Waals surface area contributed by atoms with Gasteiger partial charge in [-0.25, -0.2) is 0 Å². The van der Waals surface area contributed by atoms with Crippen LogP contribution in [0.3, 0.4) is 0 Å². The van der Waals surface area contributed by atoms with Crippen molar-refractivity contribution in [3.8, 4) is 50.2 Å². The fourth-order valence-electron chi connectivity index (χ4n) is 9.80. The van der Waals surface area contributed by atoms with E-state index in [0.29, 0.717) is 5.92 Å². The molecule has 0 amide bonds. The molecule has 2 heterocycles. The van der Waals surface area contributed by atoms with Crippen LogP contribution in [-0.2, 0) is 6.42 Å². The second kappa shape index (κ2) is 13.8. The quantitative estimate of drug-likeness (QED) is 0.164. The molecule has 0 aliphatic heterocycles. The van der Waals surface area contributed by atoms with E-state index in [1.807, 2.05) is 11.3 Å². The summed E-state index contributed by atoms with van der Waals surface area (Å²) >= 11 is 1.89. The number of hydrogen-bond acceptors (Lipinski definition) is 1. The van der Waals surface area contributed by atoms with E-state index in [2.05, 4.69) is 211 Å². The van der Waals surface area contributed by atoms with Crippen LogP contribution in [0.4, 0.5) is 0 Å². The van der Waals surface area contributed by atoms with Gasteiger partial charge in [-0.3, -0.25) is 0 Å². The van der Waals surface area contributed by atoms with Gasteiger partial charge in [-0.15, -0.1) is 11.3 Å². The monoisotopic (exact) mass is 769 g/mol. The summed E-state index contributed by atoms with van der Waals surface area (Å²) in [6.45, 7) is 0. The summed E-state index contributed by atoms with van der Waals surface area (Å²) in [7, 11) is 0. The van der Waals surface area contributed by atoms with Crippen LogP contribution in [0.2, 0.25) is 0 Å². The highest BCUT2D eigenvalue weighted by atomic mass is 32.1. The summed E-state index contributed by atoms with van der Waals surface area (Å²) in [6.07, 6.45) is 2.11. The average molecular weight is 770 g/mol. The fourth-order valence-corrected chi connectivity index (χ4v) is 11.0. The number of thiophene rings is 1. The molecule has 0 bridgehead atoms. The van der Waals surface area contributed by atoms with Crippen molar-refractivity contribution in [2.75, 3.05) is 0 Å². The molecule has 0 radical (unpaired) electrons. The first-order valence-corrected chi connectivity index (χ1v) is 21.5. The molecule has 12 rings (SSSR count). The van der Waals surface area contributed by atoms with Crippen LogP contribution in [0.25, 0.3) is 92.2 Å². The molecule has 9 aromatic carbocycles. The van der Waals surface area contributed by atoms with E-state index in [1.54, 1.807) is 0 Å². The van der Waals surface area contributed by atoms with E-state index < -0.39 is 0 Å². The molecule has 278 valence electrons. The number of nitrogens with zero attached hydrogens (tertiary/aromatic N) is 1. The Morgan fingerprint density at radius 2 is 1.03 bits per heavy atom. The number of rotatable bonds is 5. The van der Waals surface area contributed by atoms with Gasteiger partial charge in [0.25, 0.3) is 0 Å². The second-order valence-electron chi connectivity index (χ2n) is 16.0. The lowest BCUT2D eigenvalue weighted by molar-refractivity contribution is 0.726. The Morgan fingerprint density at radius 3 is 1.90 bits per heavy atom.